The lowest BCUT2D eigenvalue weighted by Gasteiger charge is -2.17. The Morgan fingerprint density at radius 3 is 2.33 bits per heavy atom. The van der Waals surface area contributed by atoms with Crippen molar-refractivity contribution in [3.63, 3.8) is 0 Å². The van der Waals surface area contributed by atoms with E-state index in [1.807, 2.05) is 60.7 Å². The Morgan fingerprint density at radius 2 is 1.58 bits per heavy atom. The molecule has 5 rings (SSSR count). The summed E-state index contributed by atoms with van der Waals surface area (Å²) >= 11 is 0. The number of para-hydroxylation sites is 1. The molecule has 1 N–H and O–H groups in total. The van der Waals surface area contributed by atoms with Crippen LogP contribution in [0.1, 0.15) is 30.7 Å². The van der Waals surface area contributed by atoms with E-state index in [0.717, 1.165) is 27.7 Å². The molecular formula is C28H23NO4. The first-order valence-corrected chi connectivity index (χ1v) is 10.8. The Labute approximate surface area is 191 Å². The zero-order valence-corrected chi connectivity index (χ0v) is 18.4. The van der Waals surface area contributed by atoms with E-state index in [1.54, 1.807) is 38.1 Å². The lowest BCUT2D eigenvalue weighted by Crippen LogP contribution is -2.29. The number of carbonyl (C=O) groups is 1. The fourth-order valence-electron chi connectivity index (χ4n) is 3.90. The molecule has 5 nitrogen and oxygen atoms in total. The molecule has 0 atom stereocenters. The van der Waals surface area contributed by atoms with Gasteiger partial charge in [0.05, 0.1) is 16.8 Å². The van der Waals surface area contributed by atoms with Crippen molar-refractivity contribution in [3.05, 3.63) is 102 Å². The molecule has 0 fully saturated rings. The standard InChI is InChI=1S/C28H23NO4/c1-28(2)27(31)25(26(33-28)20-8-13-22(30)14-9-20)19-10-15-23(16-11-19)32-17-21-12-7-18-5-3-4-6-24(18)29-21/h3-16,30H,17H2,1-2H3. The summed E-state index contributed by atoms with van der Waals surface area (Å²) in [5.41, 5.74) is 2.84. The van der Waals surface area contributed by atoms with Gasteiger partial charge in [-0.2, -0.15) is 0 Å². The van der Waals surface area contributed by atoms with Crippen LogP contribution in [-0.2, 0) is 16.1 Å². The van der Waals surface area contributed by atoms with Gasteiger partial charge in [-0.05, 0) is 67.9 Å². The summed E-state index contributed by atoms with van der Waals surface area (Å²) in [5.74, 6) is 1.27. The summed E-state index contributed by atoms with van der Waals surface area (Å²) in [5, 5.41) is 10.7. The number of ketones is 1. The highest BCUT2D eigenvalue weighted by Crippen LogP contribution is 2.41. The number of fused-ring (bicyclic) bond motifs is 1. The average Bonchev–Trinajstić information content (AvgIpc) is 3.07. The van der Waals surface area contributed by atoms with Gasteiger partial charge in [0.2, 0.25) is 5.78 Å². The van der Waals surface area contributed by atoms with Gasteiger partial charge in [-0.15, -0.1) is 0 Å². The van der Waals surface area contributed by atoms with Crippen molar-refractivity contribution in [2.75, 3.05) is 0 Å². The third kappa shape index (κ3) is 4.05. The molecule has 0 unspecified atom stereocenters. The second-order valence-corrected chi connectivity index (χ2v) is 8.50. The van der Waals surface area contributed by atoms with Crippen LogP contribution in [0, 0.1) is 0 Å². The quantitative estimate of drug-likeness (QED) is 0.430. The van der Waals surface area contributed by atoms with Crippen LogP contribution in [0.2, 0.25) is 0 Å². The fourth-order valence-corrected chi connectivity index (χ4v) is 3.90. The second kappa shape index (κ2) is 8.10. The van der Waals surface area contributed by atoms with Gasteiger partial charge in [0.25, 0.3) is 0 Å². The predicted molar refractivity (Wildman–Crippen MR) is 128 cm³/mol. The average molecular weight is 437 g/mol. The molecule has 5 heteroatoms. The monoisotopic (exact) mass is 437 g/mol. The van der Waals surface area contributed by atoms with Crippen LogP contribution < -0.4 is 4.74 Å². The second-order valence-electron chi connectivity index (χ2n) is 8.50. The van der Waals surface area contributed by atoms with Gasteiger partial charge in [0, 0.05) is 10.9 Å². The molecule has 3 aromatic carbocycles. The number of aromatic nitrogens is 1. The lowest BCUT2D eigenvalue weighted by molar-refractivity contribution is -0.125. The van der Waals surface area contributed by atoms with Gasteiger partial charge in [-0.25, -0.2) is 4.98 Å². The molecular weight excluding hydrogens is 414 g/mol. The van der Waals surface area contributed by atoms with E-state index in [2.05, 4.69) is 4.98 Å². The van der Waals surface area contributed by atoms with E-state index < -0.39 is 5.60 Å². The summed E-state index contributed by atoms with van der Waals surface area (Å²) in [6.07, 6.45) is 0. The van der Waals surface area contributed by atoms with E-state index in [4.69, 9.17) is 9.47 Å². The Morgan fingerprint density at radius 1 is 0.879 bits per heavy atom. The maximum absolute atomic E-state index is 13.1. The normalized spacial score (nSPS) is 15.0. The minimum absolute atomic E-state index is 0.0837. The maximum Gasteiger partial charge on any atom is 0.210 e. The van der Waals surface area contributed by atoms with Gasteiger partial charge >= 0.3 is 0 Å². The van der Waals surface area contributed by atoms with Crippen LogP contribution in [0.4, 0.5) is 0 Å². The molecule has 164 valence electrons. The fraction of sp³-hybridized carbons (Fsp3) is 0.143. The van der Waals surface area contributed by atoms with E-state index >= 15 is 0 Å². The number of phenols is 1. The number of hydrogen-bond donors (Lipinski definition) is 1. The first kappa shape index (κ1) is 20.8. The number of ether oxygens (including phenoxy) is 2. The van der Waals surface area contributed by atoms with Crippen LogP contribution >= 0.6 is 0 Å². The van der Waals surface area contributed by atoms with Crippen LogP contribution in [-0.4, -0.2) is 21.5 Å². The number of carbonyl (C=O) groups excluding carboxylic acids is 1. The molecule has 0 bridgehead atoms. The minimum Gasteiger partial charge on any atom is -0.508 e. The van der Waals surface area contributed by atoms with Crippen molar-refractivity contribution in [1.82, 2.24) is 4.98 Å². The Balaban J connectivity index is 1.39. The molecule has 33 heavy (non-hydrogen) atoms. The van der Waals surface area contributed by atoms with Crippen molar-refractivity contribution >= 4 is 28.0 Å². The molecule has 1 aliphatic rings. The predicted octanol–water partition coefficient (Wildman–Crippen LogP) is 5.77. The molecule has 0 aliphatic carbocycles. The van der Waals surface area contributed by atoms with Crippen molar-refractivity contribution in [1.29, 1.82) is 0 Å². The number of aromatic hydroxyl groups is 1. The van der Waals surface area contributed by atoms with Gasteiger partial charge < -0.3 is 14.6 Å². The molecule has 4 aromatic rings. The highest BCUT2D eigenvalue weighted by Gasteiger charge is 2.42. The summed E-state index contributed by atoms with van der Waals surface area (Å²) in [6.45, 7) is 3.87. The third-order valence-corrected chi connectivity index (χ3v) is 5.67. The number of benzene rings is 3. The van der Waals surface area contributed by atoms with Crippen molar-refractivity contribution < 1.29 is 19.4 Å². The molecule has 1 aromatic heterocycles. The molecule has 1 aliphatic heterocycles. The third-order valence-electron chi connectivity index (χ3n) is 5.67. The van der Waals surface area contributed by atoms with Crippen molar-refractivity contribution in [3.8, 4) is 11.5 Å². The minimum atomic E-state index is -0.959. The largest absolute Gasteiger partial charge is 0.508 e. The molecule has 0 saturated carbocycles. The highest BCUT2D eigenvalue weighted by atomic mass is 16.5. The zero-order chi connectivity index (χ0) is 23.0. The first-order valence-electron chi connectivity index (χ1n) is 10.8. The Bertz CT molecular complexity index is 1370. The highest BCUT2D eigenvalue weighted by molar-refractivity contribution is 6.32. The lowest BCUT2D eigenvalue weighted by atomic mass is 9.92. The SMILES string of the molecule is CC1(C)OC(c2ccc(O)cc2)=C(c2ccc(OCc3ccc4ccccc4n3)cc2)C1=O. The Kier molecular flexibility index (Phi) is 5.09. The number of Topliss-reactive ketones (excluding diaryl/α,β-unsaturated/α-hetero) is 1. The molecule has 0 saturated heterocycles. The van der Waals surface area contributed by atoms with Gasteiger partial charge in [0.1, 0.15) is 23.9 Å². The van der Waals surface area contributed by atoms with Crippen LogP contribution in [0.5, 0.6) is 11.5 Å². The summed E-state index contributed by atoms with van der Waals surface area (Å²) < 4.78 is 12.0. The summed E-state index contributed by atoms with van der Waals surface area (Å²) in [6, 6.07) is 26.0. The van der Waals surface area contributed by atoms with Crippen LogP contribution in [0.25, 0.3) is 22.2 Å². The van der Waals surface area contributed by atoms with Crippen LogP contribution in [0.15, 0.2) is 84.9 Å². The maximum atomic E-state index is 13.1. The molecule has 0 radical (unpaired) electrons. The zero-order valence-electron chi connectivity index (χ0n) is 18.4. The van der Waals surface area contributed by atoms with Gasteiger partial charge in [-0.1, -0.05) is 36.4 Å². The van der Waals surface area contributed by atoms with Crippen LogP contribution in [0.3, 0.4) is 0 Å². The van der Waals surface area contributed by atoms with E-state index in [0.29, 0.717) is 23.7 Å². The summed E-state index contributed by atoms with van der Waals surface area (Å²) in [7, 11) is 0. The molecule has 0 spiro atoms. The van der Waals surface area contributed by atoms with Crippen molar-refractivity contribution in [2.45, 2.75) is 26.1 Å². The number of phenolic OH excluding ortho intramolecular Hbond substituents is 1. The summed E-state index contributed by atoms with van der Waals surface area (Å²) in [4.78, 5) is 17.7. The Hall–Kier alpha value is -4.12. The van der Waals surface area contributed by atoms with Gasteiger partial charge in [-0.3, -0.25) is 4.79 Å². The number of hydrogen-bond acceptors (Lipinski definition) is 5. The molecule has 2 heterocycles. The first-order chi connectivity index (χ1) is 15.9. The molecule has 0 amide bonds. The van der Waals surface area contributed by atoms with E-state index in [-0.39, 0.29) is 11.5 Å². The topological polar surface area (TPSA) is 68.7 Å². The number of pyridine rings is 1. The van der Waals surface area contributed by atoms with Gasteiger partial charge in [0.15, 0.2) is 5.60 Å². The van der Waals surface area contributed by atoms with E-state index in [1.165, 1.54) is 0 Å². The number of nitrogens with zero attached hydrogens (tertiary/aromatic N) is 1. The van der Waals surface area contributed by atoms with E-state index in [9.17, 15) is 9.90 Å². The smallest absolute Gasteiger partial charge is 0.210 e. The number of rotatable bonds is 5. The van der Waals surface area contributed by atoms with Crippen molar-refractivity contribution in [2.24, 2.45) is 0 Å².